The van der Waals surface area contributed by atoms with Crippen molar-refractivity contribution in [3.05, 3.63) is 0 Å². The number of aliphatic imine (C=N–C) groups is 1. The molecule has 0 aliphatic heterocycles. The maximum atomic E-state index is 5.18. The Labute approximate surface area is 140 Å². The Hall–Kier alpha value is -0.0562. The molecule has 0 saturated carbocycles. The summed E-state index contributed by atoms with van der Waals surface area (Å²) in [6.45, 7) is 0.947. The summed E-state index contributed by atoms with van der Waals surface area (Å²) in [7, 11) is 8.18. The highest BCUT2D eigenvalue weighted by molar-refractivity contribution is 6.37. The van der Waals surface area contributed by atoms with Gasteiger partial charge in [-0.15, -0.1) is 0 Å². The van der Waals surface area contributed by atoms with Crippen LogP contribution in [0.15, 0.2) is 4.99 Å². The lowest BCUT2D eigenvalue weighted by Crippen LogP contribution is -2.20. The Morgan fingerprint density at radius 1 is 0.773 bits per heavy atom. The zero-order chi connectivity index (χ0) is 16.5. The number of nitrogens with zero attached hydrogens (tertiary/aromatic N) is 1. The smallest absolute Gasteiger partial charge is 0.136 e. The predicted molar refractivity (Wildman–Crippen MR) is 93.2 cm³/mol. The van der Waals surface area contributed by atoms with Crippen LogP contribution >= 0.6 is 0 Å². The predicted octanol–water partition coefficient (Wildman–Crippen LogP) is 2.41. The van der Waals surface area contributed by atoms with Gasteiger partial charge in [-0.05, 0) is 19.1 Å². The van der Waals surface area contributed by atoms with E-state index in [1.165, 1.54) is 31.7 Å². The summed E-state index contributed by atoms with van der Waals surface area (Å²) in [6, 6.07) is 2.27. The standard InChI is InChI=1S/C15H31NO4Si2/c1-17-14(18-2)21-12-8-6-5-7-10-16-11-9-13-22-15(19-3)20-4/h11,14-15H,5-10,12-13H2,1-4H3. The lowest BCUT2D eigenvalue weighted by molar-refractivity contribution is -0.0442. The second kappa shape index (κ2) is 17.3. The van der Waals surface area contributed by atoms with Crippen LogP contribution in [0.5, 0.6) is 0 Å². The van der Waals surface area contributed by atoms with Gasteiger partial charge in [-0.1, -0.05) is 31.4 Å². The van der Waals surface area contributed by atoms with Crippen molar-refractivity contribution in [1.29, 1.82) is 0 Å². The molecule has 0 rings (SSSR count). The van der Waals surface area contributed by atoms with Crippen molar-refractivity contribution in [1.82, 2.24) is 0 Å². The number of hydrogen-bond donors (Lipinski definition) is 0. The first kappa shape index (κ1) is 21.9. The first-order chi connectivity index (χ1) is 10.8. The topological polar surface area (TPSA) is 49.3 Å². The lowest BCUT2D eigenvalue weighted by Gasteiger charge is -2.11. The fourth-order valence-electron chi connectivity index (χ4n) is 1.88. The second-order valence-electron chi connectivity index (χ2n) is 4.81. The van der Waals surface area contributed by atoms with Crippen LogP contribution in [0.3, 0.4) is 0 Å². The van der Waals surface area contributed by atoms with Crippen LogP contribution in [-0.2, 0) is 18.9 Å². The monoisotopic (exact) mass is 345 g/mol. The van der Waals surface area contributed by atoms with E-state index < -0.39 is 0 Å². The molecule has 0 saturated heterocycles. The highest BCUT2D eigenvalue weighted by Gasteiger charge is 2.05. The third kappa shape index (κ3) is 13.6. The molecule has 4 radical (unpaired) electrons. The third-order valence-corrected chi connectivity index (χ3v) is 5.92. The molecule has 0 spiro atoms. The summed E-state index contributed by atoms with van der Waals surface area (Å²) in [6.07, 6.45) is 8.01. The van der Waals surface area contributed by atoms with Crippen LogP contribution in [0.4, 0.5) is 0 Å². The molecule has 0 unspecified atom stereocenters. The van der Waals surface area contributed by atoms with E-state index in [-0.39, 0.29) is 11.8 Å². The summed E-state index contributed by atoms with van der Waals surface area (Å²) >= 11 is 0. The van der Waals surface area contributed by atoms with E-state index >= 15 is 0 Å². The molecule has 22 heavy (non-hydrogen) atoms. The van der Waals surface area contributed by atoms with Gasteiger partial charge < -0.3 is 18.9 Å². The van der Waals surface area contributed by atoms with E-state index in [0.717, 1.165) is 28.5 Å². The average Bonchev–Trinajstić information content (AvgIpc) is 2.55. The van der Waals surface area contributed by atoms with Gasteiger partial charge in [0.2, 0.25) is 0 Å². The molecule has 0 aliphatic carbocycles. The normalized spacial score (nSPS) is 12.1. The van der Waals surface area contributed by atoms with E-state index in [4.69, 9.17) is 18.9 Å². The summed E-state index contributed by atoms with van der Waals surface area (Å²) in [4.78, 5) is 4.45. The average molecular weight is 346 g/mol. The Bertz CT molecular complexity index is 250. The van der Waals surface area contributed by atoms with Crippen LogP contribution in [0, 0.1) is 0 Å². The molecule has 0 atom stereocenters. The maximum absolute atomic E-state index is 5.18. The van der Waals surface area contributed by atoms with Gasteiger partial charge in [-0.3, -0.25) is 4.99 Å². The molecule has 0 aromatic carbocycles. The number of rotatable bonds is 16. The molecule has 0 aromatic rings. The molecule has 0 fully saturated rings. The number of ether oxygens (including phenoxy) is 4. The molecule has 0 amide bonds. The van der Waals surface area contributed by atoms with Crippen molar-refractivity contribution < 1.29 is 18.9 Å². The van der Waals surface area contributed by atoms with Crippen molar-refractivity contribution in [2.24, 2.45) is 4.99 Å². The Morgan fingerprint density at radius 2 is 1.32 bits per heavy atom. The summed E-state index contributed by atoms with van der Waals surface area (Å²) in [5.41, 5.74) is 0. The van der Waals surface area contributed by atoms with Gasteiger partial charge in [0.1, 0.15) is 30.9 Å². The van der Waals surface area contributed by atoms with Gasteiger partial charge in [0, 0.05) is 35.0 Å². The number of methoxy groups -OCH3 is 4. The zero-order valence-corrected chi connectivity index (χ0v) is 16.5. The molecular formula is C15H31NO4Si2. The molecule has 128 valence electrons. The van der Waals surface area contributed by atoms with Gasteiger partial charge in [0.25, 0.3) is 0 Å². The molecule has 0 aliphatic rings. The van der Waals surface area contributed by atoms with Gasteiger partial charge in [-0.25, -0.2) is 0 Å². The number of unbranched alkanes of at least 4 members (excludes halogenated alkanes) is 3. The first-order valence-electron chi connectivity index (χ1n) is 7.84. The van der Waals surface area contributed by atoms with Crippen LogP contribution in [0.25, 0.3) is 0 Å². The Morgan fingerprint density at radius 3 is 1.91 bits per heavy atom. The minimum absolute atomic E-state index is 0.0128. The van der Waals surface area contributed by atoms with E-state index in [1.54, 1.807) is 28.4 Å². The molecular weight excluding hydrogens is 314 g/mol. The van der Waals surface area contributed by atoms with Crippen molar-refractivity contribution in [2.75, 3.05) is 35.0 Å². The SMILES string of the molecule is COC(OC)[Si]CCC=NCCCCCC[Si]C(OC)OC. The van der Waals surface area contributed by atoms with E-state index in [2.05, 4.69) is 4.99 Å². The van der Waals surface area contributed by atoms with Gasteiger partial charge >= 0.3 is 0 Å². The minimum Gasteiger partial charge on any atom is -0.360 e. The van der Waals surface area contributed by atoms with Crippen LogP contribution in [0.1, 0.15) is 32.1 Å². The van der Waals surface area contributed by atoms with Crippen LogP contribution < -0.4 is 0 Å². The van der Waals surface area contributed by atoms with Gasteiger partial charge in [0.15, 0.2) is 0 Å². The third-order valence-electron chi connectivity index (χ3n) is 3.09. The van der Waals surface area contributed by atoms with Gasteiger partial charge in [0.05, 0.1) is 0 Å². The molecule has 0 N–H and O–H groups in total. The maximum Gasteiger partial charge on any atom is 0.136 e. The summed E-state index contributed by atoms with van der Waals surface area (Å²) in [5, 5.41) is 0. The number of hydrogen-bond acceptors (Lipinski definition) is 5. The minimum atomic E-state index is -0.0510. The molecule has 0 aromatic heterocycles. The van der Waals surface area contributed by atoms with Crippen molar-refractivity contribution in [3.63, 3.8) is 0 Å². The van der Waals surface area contributed by atoms with E-state index in [9.17, 15) is 0 Å². The fraction of sp³-hybridized carbons (Fsp3) is 0.933. The van der Waals surface area contributed by atoms with Crippen molar-refractivity contribution in [3.8, 4) is 0 Å². The Kier molecular flexibility index (Phi) is 17.3. The van der Waals surface area contributed by atoms with Crippen LogP contribution in [-0.4, -0.2) is 72.1 Å². The van der Waals surface area contributed by atoms with Crippen molar-refractivity contribution in [2.45, 2.75) is 56.0 Å². The molecule has 0 bridgehead atoms. The highest BCUT2D eigenvalue weighted by atomic mass is 28.2. The highest BCUT2D eigenvalue weighted by Crippen LogP contribution is 2.05. The van der Waals surface area contributed by atoms with Gasteiger partial charge in [-0.2, -0.15) is 0 Å². The zero-order valence-electron chi connectivity index (χ0n) is 14.5. The quantitative estimate of drug-likeness (QED) is 0.187. The van der Waals surface area contributed by atoms with Crippen LogP contribution in [0.2, 0.25) is 12.1 Å². The first-order valence-corrected chi connectivity index (χ1v) is 10.4. The second-order valence-corrected chi connectivity index (χ2v) is 7.57. The fourth-order valence-corrected chi connectivity index (χ4v) is 3.76. The summed E-state index contributed by atoms with van der Waals surface area (Å²) in [5.74, 6) is -0.0638. The molecule has 5 nitrogen and oxygen atoms in total. The Balaban J connectivity index is 3.27. The van der Waals surface area contributed by atoms with E-state index in [0.29, 0.717) is 9.52 Å². The largest absolute Gasteiger partial charge is 0.360 e. The molecule has 0 heterocycles. The summed E-state index contributed by atoms with van der Waals surface area (Å²) < 4.78 is 20.7. The van der Waals surface area contributed by atoms with Crippen molar-refractivity contribution >= 4 is 25.3 Å². The van der Waals surface area contributed by atoms with E-state index in [1.807, 2.05) is 6.21 Å². The lowest BCUT2D eigenvalue weighted by atomic mass is 10.2. The molecule has 7 heteroatoms.